The van der Waals surface area contributed by atoms with Crippen LogP contribution in [0, 0.1) is 0 Å². The van der Waals surface area contributed by atoms with Crippen LogP contribution in [0.25, 0.3) is 0 Å². The minimum absolute atomic E-state index is 0.278. The van der Waals surface area contributed by atoms with E-state index in [1.807, 2.05) is 0 Å². The van der Waals surface area contributed by atoms with Gasteiger partial charge in [0.2, 0.25) is 5.91 Å². The average molecular weight is 278 g/mol. The number of rotatable bonds is 4. The van der Waals surface area contributed by atoms with Crippen LogP contribution in [0.4, 0.5) is 0 Å². The fourth-order valence-corrected chi connectivity index (χ4v) is 4.05. The first-order chi connectivity index (χ1) is 9.34. The van der Waals surface area contributed by atoms with Crippen LogP contribution in [0.3, 0.4) is 0 Å². The smallest absolute Gasteiger partial charge is 0.237 e. The van der Waals surface area contributed by atoms with E-state index in [-0.39, 0.29) is 5.91 Å². The summed E-state index contributed by atoms with van der Waals surface area (Å²) in [5.74, 6) is 0.278. The van der Waals surface area contributed by atoms with Crippen molar-refractivity contribution in [3.8, 4) is 0 Å². The largest absolute Gasteiger partial charge is 0.335 e. The van der Waals surface area contributed by atoms with Crippen molar-refractivity contribution in [2.45, 2.75) is 50.6 Å². The molecule has 2 fully saturated rings. The van der Waals surface area contributed by atoms with Gasteiger partial charge in [-0.05, 0) is 48.1 Å². The lowest BCUT2D eigenvalue weighted by molar-refractivity contribution is -0.131. The lowest BCUT2D eigenvalue weighted by Gasteiger charge is -2.25. The van der Waals surface area contributed by atoms with E-state index in [2.05, 4.69) is 27.0 Å². The van der Waals surface area contributed by atoms with Gasteiger partial charge in [-0.25, -0.2) is 0 Å². The van der Waals surface area contributed by atoms with Gasteiger partial charge in [-0.3, -0.25) is 4.79 Å². The highest BCUT2D eigenvalue weighted by Crippen LogP contribution is 2.32. The SMILES string of the molecule is O=C(CNC1CCCC1)N1CCCC1c1ccsc1. The number of amides is 1. The first kappa shape index (κ1) is 13.1. The maximum absolute atomic E-state index is 12.4. The van der Waals surface area contributed by atoms with Crippen LogP contribution in [0.2, 0.25) is 0 Å². The average Bonchev–Trinajstić information content (AvgIpc) is 3.14. The molecule has 0 spiro atoms. The number of carbonyl (C=O) groups is 1. The molecule has 2 heterocycles. The first-order valence-corrected chi connectivity index (χ1v) is 8.34. The molecular weight excluding hydrogens is 256 g/mol. The molecule has 0 aromatic carbocycles. The van der Waals surface area contributed by atoms with Crippen molar-refractivity contribution in [3.63, 3.8) is 0 Å². The van der Waals surface area contributed by atoms with E-state index in [0.717, 1.165) is 19.4 Å². The van der Waals surface area contributed by atoms with Crippen LogP contribution < -0.4 is 5.32 Å². The second kappa shape index (κ2) is 6.06. The van der Waals surface area contributed by atoms with E-state index in [9.17, 15) is 4.79 Å². The van der Waals surface area contributed by atoms with E-state index in [1.54, 1.807) is 11.3 Å². The van der Waals surface area contributed by atoms with Crippen molar-refractivity contribution in [3.05, 3.63) is 22.4 Å². The molecule has 0 radical (unpaired) electrons. The van der Waals surface area contributed by atoms with Gasteiger partial charge in [-0.15, -0.1) is 0 Å². The summed E-state index contributed by atoms with van der Waals surface area (Å²) >= 11 is 1.72. The molecule has 4 heteroatoms. The highest BCUT2D eigenvalue weighted by atomic mass is 32.1. The van der Waals surface area contributed by atoms with Gasteiger partial charge >= 0.3 is 0 Å². The van der Waals surface area contributed by atoms with Gasteiger partial charge in [-0.1, -0.05) is 12.8 Å². The standard InChI is InChI=1S/C15H22N2OS/c18-15(10-16-13-4-1-2-5-13)17-8-3-6-14(17)12-7-9-19-11-12/h7,9,11,13-14,16H,1-6,8,10H2. The Labute approximate surface area is 119 Å². The summed E-state index contributed by atoms with van der Waals surface area (Å²) < 4.78 is 0. The van der Waals surface area contributed by atoms with Crippen molar-refractivity contribution in [1.82, 2.24) is 10.2 Å². The number of hydrogen-bond acceptors (Lipinski definition) is 3. The molecule has 1 unspecified atom stereocenters. The number of likely N-dealkylation sites (tertiary alicyclic amines) is 1. The van der Waals surface area contributed by atoms with E-state index in [1.165, 1.54) is 31.2 Å². The summed E-state index contributed by atoms with van der Waals surface area (Å²) in [6, 6.07) is 3.06. The Hall–Kier alpha value is -0.870. The molecule has 3 nitrogen and oxygen atoms in total. The normalized spacial score (nSPS) is 24.2. The molecule has 1 atom stereocenters. The number of nitrogens with zero attached hydrogens (tertiary/aromatic N) is 1. The predicted molar refractivity (Wildman–Crippen MR) is 78.3 cm³/mol. The first-order valence-electron chi connectivity index (χ1n) is 7.39. The zero-order valence-corrected chi connectivity index (χ0v) is 12.1. The Morgan fingerprint density at radius 3 is 2.89 bits per heavy atom. The van der Waals surface area contributed by atoms with E-state index in [0.29, 0.717) is 18.6 Å². The summed E-state index contributed by atoms with van der Waals surface area (Å²) in [7, 11) is 0. The number of hydrogen-bond donors (Lipinski definition) is 1. The number of thiophene rings is 1. The van der Waals surface area contributed by atoms with Crippen LogP contribution in [0.1, 0.15) is 50.1 Å². The molecule has 19 heavy (non-hydrogen) atoms. The summed E-state index contributed by atoms with van der Waals surface area (Å²) in [4.78, 5) is 14.4. The molecule has 2 aliphatic rings. The van der Waals surface area contributed by atoms with Crippen LogP contribution in [-0.2, 0) is 4.79 Å². The third-order valence-electron chi connectivity index (χ3n) is 4.40. The van der Waals surface area contributed by atoms with Gasteiger partial charge < -0.3 is 10.2 Å². The van der Waals surface area contributed by atoms with Gasteiger partial charge in [0.15, 0.2) is 0 Å². The molecule has 3 rings (SSSR count). The second-order valence-electron chi connectivity index (χ2n) is 5.66. The predicted octanol–water partition coefficient (Wildman–Crippen LogP) is 2.94. The molecule has 0 bridgehead atoms. The van der Waals surface area contributed by atoms with E-state index >= 15 is 0 Å². The maximum atomic E-state index is 12.4. The topological polar surface area (TPSA) is 32.3 Å². The summed E-state index contributed by atoms with van der Waals surface area (Å²) in [6.07, 6.45) is 7.35. The fourth-order valence-electron chi connectivity index (χ4n) is 3.34. The Morgan fingerprint density at radius 2 is 2.16 bits per heavy atom. The maximum Gasteiger partial charge on any atom is 0.237 e. The van der Waals surface area contributed by atoms with Gasteiger partial charge in [0.25, 0.3) is 0 Å². The molecule has 1 saturated heterocycles. The molecule has 104 valence electrons. The summed E-state index contributed by atoms with van der Waals surface area (Å²) in [6.45, 7) is 1.44. The third kappa shape index (κ3) is 3.00. The Bertz CT molecular complexity index is 412. The highest BCUT2D eigenvalue weighted by molar-refractivity contribution is 7.07. The van der Waals surface area contributed by atoms with Crippen LogP contribution in [-0.4, -0.2) is 29.9 Å². The van der Waals surface area contributed by atoms with Crippen LogP contribution in [0.5, 0.6) is 0 Å². The Kier molecular flexibility index (Phi) is 4.18. The summed E-state index contributed by atoms with van der Waals surface area (Å²) in [5, 5.41) is 7.72. The Morgan fingerprint density at radius 1 is 1.32 bits per heavy atom. The number of carbonyl (C=O) groups excluding carboxylic acids is 1. The molecular formula is C15H22N2OS. The van der Waals surface area contributed by atoms with Crippen LogP contribution in [0.15, 0.2) is 16.8 Å². The molecule has 1 aliphatic carbocycles. The molecule has 1 N–H and O–H groups in total. The number of nitrogens with one attached hydrogen (secondary N) is 1. The molecule has 1 amide bonds. The molecule has 1 aromatic rings. The minimum Gasteiger partial charge on any atom is -0.335 e. The van der Waals surface area contributed by atoms with Crippen molar-refractivity contribution < 1.29 is 4.79 Å². The fraction of sp³-hybridized carbons (Fsp3) is 0.667. The van der Waals surface area contributed by atoms with Crippen molar-refractivity contribution in [2.75, 3.05) is 13.1 Å². The molecule has 1 aliphatic heterocycles. The van der Waals surface area contributed by atoms with Crippen molar-refractivity contribution in [1.29, 1.82) is 0 Å². The zero-order valence-electron chi connectivity index (χ0n) is 11.3. The summed E-state index contributed by atoms with van der Waals surface area (Å²) in [5.41, 5.74) is 1.32. The quantitative estimate of drug-likeness (QED) is 0.918. The van der Waals surface area contributed by atoms with Crippen molar-refractivity contribution in [2.24, 2.45) is 0 Å². The van der Waals surface area contributed by atoms with Crippen LogP contribution >= 0.6 is 11.3 Å². The third-order valence-corrected chi connectivity index (χ3v) is 5.10. The lowest BCUT2D eigenvalue weighted by atomic mass is 10.1. The monoisotopic (exact) mass is 278 g/mol. The van der Waals surface area contributed by atoms with Gasteiger partial charge in [0.05, 0.1) is 12.6 Å². The lowest BCUT2D eigenvalue weighted by Crippen LogP contribution is -2.40. The van der Waals surface area contributed by atoms with Gasteiger partial charge in [-0.2, -0.15) is 11.3 Å². The molecule has 1 aromatic heterocycles. The zero-order chi connectivity index (χ0) is 13.1. The van der Waals surface area contributed by atoms with Gasteiger partial charge in [0.1, 0.15) is 0 Å². The van der Waals surface area contributed by atoms with E-state index < -0.39 is 0 Å². The minimum atomic E-state index is 0.278. The van der Waals surface area contributed by atoms with E-state index in [4.69, 9.17) is 0 Å². The van der Waals surface area contributed by atoms with Gasteiger partial charge in [0, 0.05) is 12.6 Å². The van der Waals surface area contributed by atoms with Crippen molar-refractivity contribution >= 4 is 17.2 Å². The Balaban J connectivity index is 1.56. The molecule has 1 saturated carbocycles. The highest BCUT2D eigenvalue weighted by Gasteiger charge is 2.30. The second-order valence-corrected chi connectivity index (χ2v) is 6.44.